The van der Waals surface area contributed by atoms with Gasteiger partial charge in [0.15, 0.2) is 0 Å². The van der Waals surface area contributed by atoms with Crippen LogP contribution in [0.2, 0.25) is 0 Å². The summed E-state index contributed by atoms with van der Waals surface area (Å²) in [5, 5.41) is 2.84. The predicted molar refractivity (Wildman–Crippen MR) is 77.2 cm³/mol. The Morgan fingerprint density at radius 3 is 3.00 bits per heavy atom. The Hall–Kier alpha value is -1.88. The number of nitrogens with zero attached hydrogens (tertiary/aromatic N) is 1. The first kappa shape index (κ1) is 14.5. The van der Waals surface area contributed by atoms with E-state index in [0.717, 1.165) is 17.5 Å². The number of aldehydes is 1. The summed E-state index contributed by atoms with van der Waals surface area (Å²) in [6, 6.07) is 5.20. The highest BCUT2D eigenvalue weighted by molar-refractivity contribution is 5.86. The van der Waals surface area contributed by atoms with Gasteiger partial charge in [-0.2, -0.15) is 0 Å². The van der Waals surface area contributed by atoms with E-state index in [4.69, 9.17) is 4.74 Å². The van der Waals surface area contributed by atoms with Gasteiger partial charge in [-0.3, -0.25) is 9.59 Å². The monoisotopic (exact) mass is 276 g/mol. The molecule has 1 N–H and O–H groups in total. The molecule has 2 rings (SSSR count). The Morgan fingerprint density at radius 1 is 1.55 bits per heavy atom. The summed E-state index contributed by atoms with van der Waals surface area (Å²) >= 11 is 0. The van der Waals surface area contributed by atoms with Crippen molar-refractivity contribution < 1.29 is 14.3 Å². The molecule has 1 aromatic carbocycles. The van der Waals surface area contributed by atoms with Crippen LogP contribution in [-0.2, 0) is 9.53 Å². The normalized spacial score (nSPS) is 18.7. The molecule has 108 valence electrons. The average Bonchev–Trinajstić information content (AvgIpc) is 2.47. The molecule has 1 aromatic rings. The third-order valence-electron chi connectivity index (χ3n) is 3.45. The largest absolute Gasteiger partial charge is 0.377 e. The van der Waals surface area contributed by atoms with E-state index in [9.17, 15) is 9.59 Å². The van der Waals surface area contributed by atoms with Crippen LogP contribution in [0.3, 0.4) is 0 Å². The highest BCUT2D eigenvalue weighted by atomic mass is 16.5. The van der Waals surface area contributed by atoms with Crippen LogP contribution in [0.4, 0.5) is 5.69 Å². The van der Waals surface area contributed by atoms with Crippen molar-refractivity contribution in [3.8, 4) is 0 Å². The summed E-state index contributed by atoms with van der Waals surface area (Å²) in [5.74, 6) is -0.0222. The molecule has 0 spiro atoms. The molecule has 1 atom stereocenters. The van der Waals surface area contributed by atoms with Crippen molar-refractivity contribution in [1.82, 2.24) is 5.32 Å². The summed E-state index contributed by atoms with van der Waals surface area (Å²) in [6.45, 7) is 6.11. The number of carbonyl (C=O) groups is 2. The summed E-state index contributed by atoms with van der Waals surface area (Å²) in [4.78, 5) is 25.0. The minimum atomic E-state index is -0.315. The van der Waals surface area contributed by atoms with Gasteiger partial charge in [0, 0.05) is 24.3 Å². The quantitative estimate of drug-likeness (QED) is 0.838. The number of likely N-dealkylation sites (N-methyl/N-ethyl adjacent to an activating group) is 1. The Labute approximate surface area is 118 Å². The number of nitrogens with one attached hydrogen (secondary N) is 1. The lowest BCUT2D eigenvalue weighted by Crippen LogP contribution is -2.54. The lowest BCUT2D eigenvalue weighted by molar-refractivity contribution is -0.124. The van der Waals surface area contributed by atoms with Gasteiger partial charge in [-0.15, -0.1) is 0 Å². The van der Waals surface area contributed by atoms with E-state index in [2.05, 4.69) is 10.2 Å². The molecule has 0 radical (unpaired) electrons. The van der Waals surface area contributed by atoms with Crippen LogP contribution in [-0.4, -0.2) is 44.5 Å². The number of morpholine rings is 1. The van der Waals surface area contributed by atoms with Gasteiger partial charge in [0.25, 0.3) is 0 Å². The molecule has 20 heavy (non-hydrogen) atoms. The van der Waals surface area contributed by atoms with E-state index in [-0.39, 0.29) is 11.9 Å². The molecule has 0 aromatic heterocycles. The van der Waals surface area contributed by atoms with Gasteiger partial charge >= 0.3 is 0 Å². The second kappa shape index (κ2) is 6.52. The second-order valence-electron chi connectivity index (χ2n) is 4.84. The number of benzene rings is 1. The average molecular weight is 276 g/mol. The van der Waals surface area contributed by atoms with Crippen molar-refractivity contribution in [2.45, 2.75) is 19.9 Å². The first-order chi connectivity index (χ1) is 9.67. The molecular formula is C15H20N2O3. The van der Waals surface area contributed by atoms with E-state index >= 15 is 0 Å². The molecule has 1 aliphatic heterocycles. The molecule has 0 saturated carbocycles. The Balaban J connectivity index is 2.27. The lowest BCUT2D eigenvalue weighted by Gasteiger charge is -2.37. The molecule has 1 unspecified atom stereocenters. The number of hydrogen-bond acceptors (Lipinski definition) is 4. The summed E-state index contributed by atoms with van der Waals surface area (Å²) in [5.41, 5.74) is 2.62. The zero-order valence-electron chi connectivity index (χ0n) is 11.9. The smallest absolute Gasteiger partial charge is 0.245 e. The van der Waals surface area contributed by atoms with Crippen molar-refractivity contribution >= 4 is 17.9 Å². The third-order valence-corrected chi connectivity index (χ3v) is 3.45. The van der Waals surface area contributed by atoms with E-state index in [1.165, 1.54) is 0 Å². The number of ether oxygens (including phenoxy) is 1. The van der Waals surface area contributed by atoms with Crippen LogP contribution in [0, 0.1) is 6.92 Å². The van der Waals surface area contributed by atoms with Crippen LogP contribution < -0.4 is 10.2 Å². The van der Waals surface area contributed by atoms with E-state index in [1.807, 2.05) is 26.0 Å². The maximum Gasteiger partial charge on any atom is 0.245 e. The first-order valence-electron chi connectivity index (χ1n) is 6.85. The summed E-state index contributed by atoms with van der Waals surface area (Å²) in [7, 11) is 0. The molecule has 0 aliphatic carbocycles. The number of hydrogen-bond donors (Lipinski definition) is 1. The standard InChI is InChI=1S/C15H20N2O3/c1-3-16-15(19)14-10-20-7-6-17(14)13-5-4-12(9-18)8-11(13)2/h4-5,8-9,14H,3,6-7,10H2,1-2H3,(H,16,19). The molecule has 5 heteroatoms. The molecule has 0 bridgehead atoms. The van der Waals surface area contributed by atoms with Crippen molar-refractivity contribution in [2.75, 3.05) is 31.2 Å². The second-order valence-corrected chi connectivity index (χ2v) is 4.84. The maximum atomic E-state index is 12.1. The fraction of sp³-hybridized carbons (Fsp3) is 0.467. The number of amides is 1. The highest BCUT2D eigenvalue weighted by Gasteiger charge is 2.30. The van der Waals surface area contributed by atoms with Gasteiger partial charge < -0.3 is 15.0 Å². The number of anilines is 1. The number of aryl methyl sites for hydroxylation is 1. The van der Waals surface area contributed by atoms with E-state index in [0.29, 0.717) is 31.9 Å². The predicted octanol–water partition coefficient (Wildman–Crippen LogP) is 1.15. The minimum absolute atomic E-state index is 0.0222. The van der Waals surface area contributed by atoms with Crippen molar-refractivity contribution in [3.05, 3.63) is 29.3 Å². The SMILES string of the molecule is CCNC(=O)C1COCCN1c1ccc(C=O)cc1C. The Morgan fingerprint density at radius 2 is 2.35 bits per heavy atom. The van der Waals surface area contributed by atoms with Crippen molar-refractivity contribution in [3.63, 3.8) is 0 Å². The third kappa shape index (κ3) is 2.99. The van der Waals surface area contributed by atoms with E-state index < -0.39 is 0 Å². The molecule has 1 fully saturated rings. The van der Waals surface area contributed by atoms with Crippen LogP contribution in [0.5, 0.6) is 0 Å². The summed E-state index contributed by atoms with van der Waals surface area (Å²) in [6.07, 6.45) is 0.831. The highest BCUT2D eigenvalue weighted by Crippen LogP contribution is 2.24. The first-order valence-corrected chi connectivity index (χ1v) is 6.85. The van der Waals surface area contributed by atoms with E-state index in [1.54, 1.807) is 6.07 Å². The van der Waals surface area contributed by atoms with Gasteiger partial charge in [-0.05, 0) is 37.6 Å². The van der Waals surface area contributed by atoms with Crippen LogP contribution in [0.25, 0.3) is 0 Å². The van der Waals surface area contributed by atoms with Gasteiger partial charge in [0.2, 0.25) is 5.91 Å². The van der Waals surface area contributed by atoms with Crippen molar-refractivity contribution in [2.24, 2.45) is 0 Å². The molecule has 1 aliphatic rings. The lowest BCUT2D eigenvalue weighted by atomic mass is 10.1. The zero-order chi connectivity index (χ0) is 14.5. The van der Waals surface area contributed by atoms with Gasteiger partial charge in [0.1, 0.15) is 12.3 Å². The van der Waals surface area contributed by atoms with Crippen LogP contribution >= 0.6 is 0 Å². The topological polar surface area (TPSA) is 58.6 Å². The number of carbonyl (C=O) groups excluding carboxylic acids is 2. The fourth-order valence-corrected chi connectivity index (χ4v) is 2.48. The molecule has 5 nitrogen and oxygen atoms in total. The van der Waals surface area contributed by atoms with Gasteiger partial charge in [0.05, 0.1) is 13.2 Å². The Bertz CT molecular complexity index is 502. The number of rotatable bonds is 4. The molecule has 1 heterocycles. The summed E-state index contributed by atoms with van der Waals surface area (Å²) < 4.78 is 5.43. The van der Waals surface area contributed by atoms with Gasteiger partial charge in [-0.1, -0.05) is 0 Å². The van der Waals surface area contributed by atoms with Gasteiger partial charge in [-0.25, -0.2) is 0 Å². The fourth-order valence-electron chi connectivity index (χ4n) is 2.48. The Kier molecular flexibility index (Phi) is 4.74. The van der Waals surface area contributed by atoms with Crippen LogP contribution in [0.15, 0.2) is 18.2 Å². The zero-order valence-corrected chi connectivity index (χ0v) is 11.9. The minimum Gasteiger partial charge on any atom is -0.377 e. The molecular weight excluding hydrogens is 256 g/mol. The van der Waals surface area contributed by atoms with Crippen LogP contribution in [0.1, 0.15) is 22.8 Å². The van der Waals surface area contributed by atoms with Crippen molar-refractivity contribution in [1.29, 1.82) is 0 Å². The molecule has 1 amide bonds. The molecule has 1 saturated heterocycles. The maximum absolute atomic E-state index is 12.1.